The van der Waals surface area contributed by atoms with Crippen LogP contribution in [0.4, 0.5) is 0 Å². The molecule has 4 heteroatoms. The lowest BCUT2D eigenvalue weighted by molar-refractivity contribution is 0.0696. The molecule has 0 unspecified atom stereocenters. The van der Waals surface area contributed by atoms with Crippen LogP contribution in [0.2, 0.25) is 0 Å². The molecule has 2 aromatic heterocycles. The van der Waals surface area contributed by atoms with Gasteiger partial charge in [-0.3, -0.25) is 4.98 Å². The van der Waals surface area contributed by atoms with Crippen molar-refractivity contribution >= 4 is 5.97 Å². The van der Waals surface area contributed by atoms with Crippen LogP contribution in [0.1, 0.15) is 21.7 Å². The fourth-order valence-corrected chi connectivity index (χ4v) is 1.87. The Kier molecular flexibility index (Phi) is 2.48. The van der Waals surface area contributed by atoms with Gasteiger partial charge in [0.2, 0.25) is 0 Å². The first-order valence-electron chi connectivity index (χ1n) is 4.94. The Morgan fingerprint density at radius 2 is 1.94 bits per heavy atom. The number of aryl methyl sites for hydroxylation is 1. The molecule has 0 bridgehead atoms. The Morgan fingerprint density at radius 1 is 1.31 bits per heavy atom. The molecule has 0 aliphatic heterocycles. The monoisotopic (exact) mass is 216 g/mol. The van der Waals surface area contributed by atoms with Crippen LogP contribution >= 0.6 is 0 Å². The number of aromatic nitrogens is 2. The first kappa shape index (κ1) is 10.4. The quantitative estimate of drug-likeness (QED) is 0.837. The zero-order valence-electron chi connectivity index (χ0n) is 9.14. The summed E-state index contributed by atoms with van der Waals surface area (Å²) in [6.45, 7) is 3.69. The number of carboxylic acids is 1. The fraction of sp³-hybridized carbons (Fsp3) is 0.167. The summed E-state index contributed by atoms with van der Waals surface area (Å²) in [5, 5.41) is 9.02. The molecule has 0 aromatic carbocycles. The third kappa shape index (κ3) is 1.58. The van der Waals surface area contributed by atoms with Crippen LogP contribution in [-0.4, -0.2) is 20.6 Å². The molecule has 2 rings (SSSR count). The lowest BCUT2D eigenvalue weighted by Gasteiger charge is -2.08. The number of nitrogens with zero attached hydrogens (tertiary/aromatic N) is 2. The van der Waals surface area contributed by atoms with Gasteiger partial charge in [0.25, 0.3) is 0 Å². The van der Waals surface area contributed by atoms with Crippen LogP contribution in [0.15, 0.2) is 30.6 Å². The van der Waals surface area contributed by atoms with Crippen molar-refractivity contribution in [2.45, 2.75) is 13.8 Å². The van der Waals surface area contributed by atoms with Crippen molar-refractivity contribution in [2.75, 3.05) is 0 Å². The van der Waals surface area contributed by atoms with Gasteiger partial charge in [-0.25, -0.2) is 4.79 Å². The number of aromatic carboxylic acids is 1. The molecule has 82 valence electrons. The lowest BCUT2D eigenvalue weighted by atomic mass is 10.2. The van der Waals surface area contributed by atoms with E-state index in [4.69, 9.17) is 5.11 Å². The minimum Gasteiger partial charge on any atom is -0.478 e. The van der Waals surface area contributed by atoms with E-state index in [9.17, 15) is 4.79 Å². The lowest BCUT2D eigenvalue weighted by Crippen LogP contribution is -2.02. The molecule has 0 aliphatic rings. The summed E-state index contributed by atoms with van der Waals surface area (Å²) in [5.41, 5.74) is 2.91. The van der Waals surface area contributed by atoms with E-state index < -0.39 is 5.97 Å². The number of pyridine rings is 1. The van der Waals surface area contributed by atoms with Gasteiger partial charge in [0, 0.05) is 29.5 Å². The summed E-state index contributed by atoms with van der Waals surface area (Å²) < 4.78 is 1.91. The highest BCUT2D eigenvalue weighted by molar-refractivity contribution is 5.89. The SMILES string of the molecule is Cc1cc(C(=O)O)c(C)n1-c1ccncc1. The zero-order chi connectivity index (χ0) is 11.7. The highest BCUT2D eigenvalue weighted by Gasteiger charge is 2.15. The van der Waals surface area contributed by atoms with E-state index >= 15 is 0 Å². The van der Waals surface area contributed by atoms with E-state index in [-0.39, 0.29) is 0 Å². The molecule has 0 atom stereocenters. The largest absolute Gasteiger partial charge is 0.478 e. The number of carbonyl (C=O) groups is 1. The second-order valence-electron chi connectivity index (χ2n) is 3.63. The molecule has 0 fully saturated rings. The highest BCUT2D eigenvalue weighted by Crippen LogP contribution is 2.19. The second-order valence-corrected chi connectivity index (χ2v) is 3.63. The minimum atomic E-state index is -0.895. The average Bonchev–Trinajstić information content (AvgIpc) is 2.56. The number of rotatable bonds is 2. The summed E-state index contributed by atoms with van der Waals surface area (Å²) >= 11 is 0. The molecule has 0 radical (unpaired) electrons. The standard InChI is InChI=1S/C12H12N2O2/c1-8-7-11(12(15)16)9(2)14(8)10-3-5-13-6-4-10/h3-7H,1-2H3,(H,15,16). The van der Waals surface area contributed by atoms with Gasteiger partial charge in [0.05, 0.1) is 5.56 Å². The smallest absolute Gasteiger partial charge is 0.337 e. The summed E-state index contributed by atoms with van der Waals surface area (Å²) in [6, 6.07) is 5.38. The summed E-state index contributed by atoms with van der Waals surface area (Å²) in [7, 11) is 0. The first-order valence-corrected chi connectivity index (χ1v) is 4.94. The highest BCUT2D eigenvalue weighted by atomic mass is 16.4. The van der Waals surface area contributed by atoms with E-state index in [0.29, 0.717) is 5.56 Å². The summed E-state index contributed by atoms with van der Waals surface area (Å²) in [6.07, 6.45) is 3.38. The predicted octanol–water partition coefficient (Wildman–Crippen LogP) is 2.19. The van der Waals surface area contributed by atoms with Crippen molar-refractivity contribution in [3.8, 4) is 5.69 Å². The van der Waals surface area contributed by atoms with Crippen LogP contribution in [0, 0.1) is 13.8 Å². The normalized spacial score (nSPS) is 10.4. The topological polar surface area (TPSA) is 55.1 Å². The predicted molar refractivity (Wildman–Crippen MR) is 60.0 cm³/mol. The molecule has 0 amide bonds. The van der Waals surface area contributed by atoms with Gasteiger partial charge in [0.1, 0.15) is 0 Å². The molecule has 0 spiro atoms. The van der Waals surface area contributed by atoms with Crippen LogP contribution in [0.25, 0.3) is 5.69 Å². The molecule has 2 aromatic rings. The minimum absolute atomic E-state index is 0.342. The molecular weight excluding hydrogens is 204 g/mol. The van der Waals surface area contributed by atoms with Gasteiger partial charge in [-0.05, 0) is 32.0 Å². The van der Waals surface area contributed by atoms with Crippen LogP contribution in [0.5, 0.6) is 0 Å². The molecular formula is C12H12N2O2. The van der Waals surface area contributed by atoms with Crippen molar-refractivity contribution < 1.29 is 9.90 Å². The van der Waals surface area contributed by atoms with Crippen LogP contribution in [0.3, 0.4) is 0 Å². The maximum atomic E-state index is 11.0. The van der Waals surface area contributed by atoms with Gasteiger partial charge in [-0.15, -0.1) is 0 Å². The van der Waals surface area contributed by atoms with Gasteiger partial charge >= 0.3 is 5.97 Å². The Labute approximate surface area is 93.2 Å². The Bertz CT molecular complexity index is 529. The Morgan fingerprint density at radius 3 is 2.44 bits per heavy atom. The molecule has 1 N–H and O–H groups in total. The van der Waals surface area contributed by atoms with Crippen molar-refractivity contribution in [2.24, 2.45) is 0 Å². The Hall–Kier alpha value is -2.10. The van der Waals surface area contributed by atoms with Gasteiger partial charge in [-0.2, -0.15) is 0 Å². The van der Waals surface area contributed by atoms with Gasteiger partial charge in [-0.1, -0.05) is 0 Å². The van der Waals surface area contributed by atoms with Crippen molar-refractivity contribution in [3.63, 3.8) is 0 Å². The summed E-state index contributed by atoms with van der Waals surface area (Å²) in [4.78, 5) is 14.9. The Balaban J connectivity index is 2.63. The van der Waals surface area contributed by atoms with Gasteiger partial charge < -0.3 is 9.67 Å². The van der Waals surface area contributed by atoms with E-state index in [0.717, 1.165) is 17.1 Å². The fourth-order valence-electron chi connectivity index (χ4n) is 1.87. The maximum Gasteiger partial charge on any atom is 0.337 e. The van der Waals surface area contributed by atoms with E-state index in [1.165, 1.54) is 0 Å². The second kappa shape index (κ2) is 3.81. The third-order valence-corrected chi connectivity index (χ3v) is 2.58. The van der Waals surface area contributed by atoms with E-state index in [2.05, 4.69) is 4.98 Å². The van der Waals surface area contributed by atoms with E-state index in [1.54, 1.807) is 25.4 Å². The van der Waals surface area contributed by atoms with Crippen LogP contribution < -0.4 is 0 Å². The molecule has 0 saturated carbocycles. The number of hydrogen-bond acceptors (Lipinski definition) is 2. The van der Waals surface area contributed by atoms with Crippen molar-refractivity contribution in [1.29, 1.82) is 0 Å². The zero-order valence-corrected chi connectivity index (χ0v) is 9.14. The summed E-state index contributed by atoms with van der Waals surface area (Å²) in [5.74, 6) is -0.895. The number of hydrogen-bond donors (Lipinski definition) is 1. The molecule has 16 heavy (non-hydrogen) atoms. The average molecular weight is 216 g/mol. The van der Waals surface area contributed by atoms with E-state index in [1.807, 2.05) is 23.6 Å². The third-order valence-electron chi connectivity index (χ3n) is 2.58. The molecule has 2 heterocycles. The first-order chi connectivity index (χ1) is 7.61. The van der Waals surface area contributed by atoms with Crippen LogP contribution in [-0.2, 0) is 0 Å². The van der Waals surface area contributed by atoms with Gasteiger partial charge in [0.15, 0.2) is 0 Å². The van der Waals surface area contributed by atoms with Crippen molar-refractivity contribution in [3.05, 3.63) is 47.5 Å². The molecule has 0 saturated heterocycles. The maximum absolute atomic E-state index is 11.0. The molecule has 0 aliphatic carbocycles. The number of carboxylic acid groups (broad SMARTS) is 1. The molecule has 4 nitrogen and oxygen atoms in total. The van der Waals surface area contributed by atoms with Crippen molar-refractivity contribution in [1.82, 2.24) is 9.55 Å².